The highest BCUT2D eigenvalue weighted by molar-refractivity contribution is 7.92. The van der Waals surface area contributed by atoms with Gasteiger partial charge >= 0.3 is 0 Å². The van der Waals surface area contributed by atoms with Gasteiger partial charge in [-0.3, -0.25) is 9.10 Å². The van der Waals surface area contributed by atoms with Crippen LogP contribution in [0.25, 0.3) is 0 Å². The van der Waals surface area contributed by atoms with E-state index in [1.807, 2.05) is 39.0 Å². The first kappa shape index (κ1) is 27.0. The van der Waals surface area contributed by atoms with E-state index >= 15 is 0 Å². The summed E-state index contributed by atoms with van der Waals surface area (Å²) in [6.07, 6.45) is 0.597. The van der Waals surface area contributed by atoms with Crippen LogP contribution < -0.4 is 19.1 Å². The highest BCUT2D eigenvalue weighted by atomic mass is 32.2. The first-order chi connectivity index (χ1) is 17.2. The summed E-state index contributed by atoms with van der Waals surface area (Å²) in [5, 5.41) is 2.93. The number of hydrogen-bond acceptors (Lipinski definition) is 5. The molecule has 192 valence electrons. The lowest BCUT2D eigenvalue weighted by atomic mass is 10.0. The molecular formula is C27H31FN2O5S. The molecule has 0 saturated carbocycles. The second-order valence-corrected chi connectivity index (χ2v) is 10.0. The quantitative estimate of drug-likeness (QED) is 0.389. The third kappa shape index (κ3) is 6.34. The van der Waals surface area contributed by atoms with Gasteiger partial charge in [-0.1, -0.05) is 19.1 Å². The minimum atomic E-state index is -4.14. The molecule has 1 atom stereocenters. The van der Waals surface area contributed by atoms with E-state index in [-0.39, 0.29) is 16.6 Å². The number of nitrogens with one attached hydrogen (secondary N) is 1. The summed E-state index contributed by atoms with van der Waals surface area (Å²) < 4.78 is 52.4. The molecule has 7 nitrogen and oxygen atoms in total. The molecule has 0 aliphatic heterocycles. The lowest BCUT2D eigenvalue weighted by Gasteiger charge is -2.26. The van der Waals surface area contributed by atoms with Gasteiger partial charge in [0.15, 0.2) is 0 Å². The summed E-state index contributed by atoms with van der Waals surface area (Å²) in [6.45, 7) is 5.64. The molecule has 3 aromatic rings. The van der Waals surface area contributed by atoms with Crippen molar-refractivity contribution in [3.63, 3.8) is 0 Å². The maximum atomic E-state index is 13.6. The van der Waals surface area contributed by atoms with Crippen LogP contribution >= 0.6 is 0 Å². The predicted molar refractivity (Wildman–Crippen MR) is 137 cm³/mol. The van der Waals surface area contributed by atoms with Gasteiger partial charge in [0.1, 0.15) is 23.9 Å². The second kappa shape index (κ2) is 11.9. The smallest absolute Gasteiger partial charge is 0.264 e. The molecule has 1 unspecified atom stereocenters. The topological polar surface area (TPSA) is 84.9 Å². The number of halogens is 1. The van der Waals surface area contributed by atoms with Crippen molar-refractivity contribution < 1.29 is 27.1 Å². The van der Waals surface area contributed by atoms with Crippen molar-refractivity contribution in [1.82, 2.24) is 5.32 Å². The van der Waals surface area contributed by atoms with Crippen LogP contribution in [0, 0.1) is 12.7 Å². The zero-order valence-corrected chi connectivity index (χ0v) is 21.6. The SMILES string of the molecule is CCOc1ccc(S(=O)(=O)N(CC(=O)NC(CC)c2ccc(OC)c(C)c2)c2ccc(F)cc2)cc1. The molecule has 3 aromatic carbocycles. The van der Waals surface area contributed by atoms with Gasteiger partial charge in [-0.15, -0.1) is 0 Å². The molecule has 0 fully saturated rings. The van der Waals surface area contributed by atoms with Crippen molar-refractivity contribution in [2.24, 2.45) is 0 Å². The minimum Gasteiger partial charge on any atom is -0.496 e. The largest absolute Gasteiger partial charge is 0.496 e. The van der Waals surface area contributed by atoms with E-state index in [0.29, 0.717) is 18.8 Å². The lowest BCUT2D eigenvalue weighted by molar-refractivity contribution is -0.120. The van der Waals surface area contributed by atoms with Crippen LogP contribution in [-0.2, 0) is 14.8 Å². The highest BCUT2D eigenvalue weighted by Crippen LogP contribution is 2.27. The van der Waals surface area contributed by atoms with Crippen LogP contribution in [0.3, 0.4) is 0 Å². The van der Waals surface area contributed by atoms with Crippen LogP contribution in [0.4, 0.5) is 10.1 Å². The van der Waals surface area contributed by atoms with Gasteiger partial charge in [-0.05, 0) is 86.0 Å². The Morgan fingerprint density at radius 1 is 1.03 bits per heavy atom. The Hall–Kier alpha value is -3.59. The van der Waals surface area contributed by atoms with E-state index < -0.39 is 28.3 Å². The van der Waals surface area contributed by atoms with E-state index in [0.717, 1.165) is 33.3 Å². The molecular weight excluding hydrogens is 483 g/mol. The number of sulfonamides is 1. The fourth-order valence-electron chi connectivity index (χ4n) is 3.83. The van der Waals surface area contributed by atoms with Gasteiger partial charge in [-0.25, -0.2) is 12.8 Å². The number of rotatable bonds is 11. The minimum absolute atomic E-state index is 0.0131. The third-order valence-electron chi connectivity index (χ3n) is 5.69. The summed E-state index contributed by atoms with van der Waals surface area (Å²) in [5.41, 5.74) is 1.98. The number of nitrogens with zero attached hydrogens (tertiary/aromatic N) is 1. The van der Waals surface area contributed by atoms with E-state index in [2.05, 4.69) is 5.32 Å². The number of carbonyl (C=O) groups is 1. The fourth-order valence-corrected chi connectivity index (χ4v) is 5.25. The maximum Gasteiger partial charge on any atom is 0.264 e. The molecule has 0 bridgehead atoms. The van der Waals surface area contributed by atoms with Crippen molar-refractivity contribution >= 4 is 21.6 Å². The predicted octanol–water partition coefficient (Wildman–Crippen LogP) is 5.00. The summed E-state index contributed by atoms with van der Waals surface area (Å²) in [6, 6.07) is 16.2. The molecule has 0 radical (unpaired) electrons. The Labute approximate surface area is 211 Å². The first-order valence-electron chi connectivity index (χ1n) is 11.6. The molecule has 1 N–H and O–H groups in total. The summed E-state index contributed by atoms with van der Waals surface area (Å²) in [5.74, 6) is 0.267. The van der Waals surface area contributed by atoms with E-state index in [1.54, 1.807) is 19.2 Å². The number of amides is 1. The molecule has 1 amide bonds. The van der Waals surface area contributed by atoms with Crippen molar-refractivity contribution in [2.75, 3.05) is 24.6 Å². The van der Waals surface area contributed by atoms with Crippen molar-refractivity contribution in [1.29, 1.82) is 0 Å². The Bertz CT molecular complexity index is 1280. The molecule has 0 aliphatic carbocycles. The number of methoxy groups -OCH3 is 1. The molecule has 36 heavy (non-hydrogen) atoms. The average Bonchev–Trinajstić information content (AvgIpc) is 2.87. The molecule has 0 spiro atoms. The fraction of sp³-hybridized carbons (Fsp3) is 0.296. The number of hydrogen-bond donors (Lipinski definition) is 1. The van der Waals surface area contributed by atoms with Gasteiger partial charge in [0, 0.05) is 0 Å². The standard InChI is InChI=1S/C27H31FN2O5S/c1-5-25(20-7-16-26(34-4)19(3)17-20)29-27(31)18-30(22-10-8-21(28)9-11-22)36(32,33)24-14-12-23(13-15-24)35-6-2/h7-17,25H,5-6,18H2,1-4H3,(H,29,31). The van der Waals surface area contributed by atoms with Crippen LogP contribution in [0.2, 0.25) is 0 Å². The van der Waals surface area contributed by atoms with Crippen LogP contribution in [0.5, 0.6) is 11.5 Å². The van der Waals surface area contributed by atoms with Gasteiger partial charge in [-0.2, -0.15) is 0 Å². The average molecular weight is 515 g/mol. The summed E-state index contributed by atoms with van der Waals surface area (Å²) in [7, 11) is -2.55. The second-order valence-electron chi connectivity index (χ2n) is 8.15. The molecule has 9 heteroatoms. The van der Waals surface area contributed by atoms with Crippen LogP contribution in [0.1, 0.15) is 37.4 Å². The van der Waals surface area contributed by atoms with E-state index in [1.165, 1.54) is 24.3 Å². The van der Waals surface area contributed by atoms with Crippen LogP contribution in [-0.4, -0.2) is 34.6 Å². The number of ether oxygens (including phenoxy) is 2. The molecule has 0 aromatic heterocycles. The highest BCUT2D eigenvalue weighted by Gasteiger charge is 2.28. The van der Waals surface area contributed by atoms with Crippen molar-refractivity contribution in [3.8, 4) is 11.5 Å². The number of carbonyl (C=O) groups excluding carboxylic acids is 1. The van der Waals surface area contributed by atoms with Gasteiger partial charge in [0.2, 0.25) is 5.91 Å². The summed E-state index contributed by atoms with van der Waals surface area (Å²) >= 11 is 0. The Kier molecular flexibility index (Phi) is 8.93. The zero-order valence-electron chi connectivity index (χ0n) is 20.8. The van der Waals surface area contributed by atoms with E-state index in [4.69, 9.17) is 9.47 Å². The van der Waals surface area contributed by atoms with Gasteiger partial charge in [0.25, 0.3) is 10.0 Å². The van der Waals surface area contributed by atoms with Crippen LogP contribution in [0.15, 0.2) is 71.6 Å². The Morgan fingerprint density at radius 3 is 2.25 bits per heavy atom. The Morgan fingerprint density at radius 2 is 1.69 bits per heavy atom. The summed E-state index contributed by atoms with van der Waals surface area (Å²) in [4.78, 5) is 13.1. The van der Waals surface area contributed by atoms with Crippen molar-refractivity contribution in [3.05, 3.63) is 83.7 Å². The van der Waals surface area contributed by atoms with E-state index in [9.17, 15) is 17.6 Å². The molecule has 0 heterocycles. The molecule has 3 rings (SSSR count). The third-order valence-corrected chi connectivity index (χ3v) is 7.48. The molecule has 0 aliphatic rings. The monoisotopic (exact) mass is 514 g/mol. The van der Waals surface area contributed by atoms with Gasteiger partial charge in [0.05, 0.1) is 30.3 Å². The van der Waals surface area contributed by atoms with Crippen molar-refractivity contribution in [2.45, 2.75) is 38.1 Å². The van der Waals surface area contributed by atoms with Gasteiger partial charge < -0.3 is 14.8 Å². The number of anilines is 1. The normalized spacial score (nSPS) is 12.0. The molecule has 0 saturated heterocycles. The maximum absolute atomic E-state index is 13.6. The first-order valence-corrected chi connectivity index (χ1v) is 13.1. The number of benzene rings is 3. The zero-order chi connectivity index (χ0) is 26.3. The lowest BCUT2D eigenvalue weighted by Crippen LogP contribution is -2.42. The Balaban J connectivity index is 1.89. The number of aryl methyl sites for hydroxylation is 1.